The van der Waals surface area contributed by atoms with Gasteiger partial charge in [-0.25, -0.2) is 0 Å². The van der Waals surface area contributed by atoms with Gasteiger partial charge in [-0.3, -0.25) is 19.3 Å². The maximum atomic E-state index is 13.4. The molecule has 0 radical (unpaired) electrons. The van der Waals surface area contributed by atoms with Crippen LogP contribution >= 0.6 is 0 Å². The molecular formula is C25H35N3O6. The van der Waals surface area contributed by atoms with Crippen LogP contribution in [-0.4, -0.2) is 73.2 Å². The molecule has 0 aromatic heterocycles. The maximum absolute atomic E-state index is 13.4. The van der Waals surface area contributed by atoms with E-state index in [1.807, 2.05) is 18.2 Å². The zero-order valence-corrected chi connectivity index (χ0v) is 19.9. The van der Waals surface area contributed by atoms with E-state index in [1.165, 1.54) is 0 Å². The first-order valence-corrected chi connectivity index (χ1v) is 12.4. The molecule has 2 amide bonds. The van der Waals surface area contributed by atoms with E-state index in [-0.39, 0.29) is 43.5 Å². The molecule has 1 aliphatic carbocycles. The van der Waals surface area contributed by atoms with E-state index in [0.29, 0.717) is 51.0 Å². The van der Waals surface area contributed by atoms with E-state index in [1.54, 1.807) is 11.8 Å². The Labute approximate surface area is 200 Å². The Bertz CT molecular complexity index is 877. The largest absolute Gasteiger partial charge is 0.466 e. The number of hydrogen-bond donors (Lipinski definition) is 1. The fraction of sp³-hybridized carbons (Fsp3) is 0.640. The van der Waals surface area contributed by atoms with Crippen molar-refractivity contribution in [2.45, 2.75) is 58.0 Å². The lowest BCUT2D eigenvalue weighted by Crippen LogP contribution is -2.57. The van der Waals surface area contributed by atoms with Crippen LogP contribution in [0.4, 0.5) is 0 Å². The lowest BCUT2D eigenvalue weighted by atomic mass is 9.94. The minimum absolute atomic E-state index is 0.0302. The van der Waals surface area contributed by atoms with Gasteiger partial charge in [-0.1, -0.05) is 18.9 Å². The highest BCUT2D eigenvalue weighted by Crippen LogP contribution is 2.33. The summed E-state index contributed by atoms with van der Waals surface area (Å²) in [4.78, 5) is 41.5. The molecular weight excluding hydrogens is 438 g/mol. The van der Waals surface area contributed by atoms with Crippen molar-refractivity contribution in [1.82, 2.24) is 15.1 Å². The van der Waals surface area contributed by atoms with Crippen molar-refractivity contribution >= 4 is 17.8 Å². The second kappa shape index (κ2) is 11.6. The molecule has 0 spiro atoms. The van der Waals surface area contributed by atoms with Crippen molar-refractivity contribution in [3.05, 3.63) is 23.8 Å². The van der Waals surface area contributed by atoms with Gasteiger partial charge in [0.05, 0.1) is 19.1 Å². The Morgan fingerprint density at radius 3 is 2.53 bits per heavy atom. The van der Waals surface area contributed by atoms with E-state index < -0.39 is 0 Å². The van der Waals surface area contributed by atoms with Crippen molar-refractivity contribution < 1.29 is 28.6 Å². The van der Waals surface area contributed by atoms with Crippen LogP contribution in [0.1, 0.15) is 51.0 Å². The normalized spacial score (nSPS) is 19.1. The summed E-state index contributed by atoms with van der Waals surface area (Å²) in [5.74, 6) is 1.46. The van der Waals surface area contributed by atoms with E-state index in [9.17, 15) is 14.4 Å². The van der Waals surface area contributed by atoms with Crippen LogP contribution < -0.4 is 14.8 Å². The quantitative estimate of drug-likeness (QED) is 0.549. The van der Waals surface area contributed by atoms with Crippen molar-refractivity contribution in [3.8, 4) is 11.5 Å². The fourth-order valence-corrected chi connectivity index (χ4v) is 5.15. The lowest BCUT2D eigenvalue weighted by molar-refractivity contribution is -0.146. The molecule has 34 heavy (non-hydrogen) atoms. The average molecular weight is 474 g/mol. The fourth-order valence-electron chi connectivity index (χ4n) is 5.15. The van der Waals surface area contributed by atoms with Crippen LogP contribution in [-0.2, 0) is 25.7 Å². The second-order valence-electron chi connectivity index (χ2n) is 9.12. The number of hydrogen-bond acceptors (Lipinski definition) is 7. The number of benzene rings is 1. The molecule has 9 nitrogen and oxygen atoms in total. The van der Waals surface area contributed by atoms with Gasteiger partial charge >= 0.3 is 5.97 Å². The number of nitrogens with zero attached hydrogens (tertiary/aromatic N) is 2. The van der Waals surface area contributed by atoms with Gasteiger partial charge in [-0.2, -0.15) is 0 Å². The number of nitrogens with one attached hydrogen (secondary N) is 1. The second-order valence-corrected chi connectivity index (χ2v) is 9.12. The van der Waals surface area contributed by atoms with Gasteiger partial charge in [0.25, 0.3) is 0 Å². The van der Waals surface area contributed by atoms with E-state index in [2.05, 4.69) is 10.2 Å². The average Bonchev–Trinajstić information content (AvgIpc) is 3.54. The van der Waals surface area contributed by atoms with Crippen molar-refractivity contribution in [2.75, 3.05) is 39.6 Å². The molecule has 2 heterocycles. The highest BCUT2D eigenvalue weighted by molar-refractivity contribution is 5.83. The van der Waals surface area contributed by atoms with Gasteiger partial charge in [-0.05, 0) is 43.4 Å². The maximum Gasteiger partial charge on any atom is 0.306 e. The summed E-state index contributed by atoms with van der Waals surface area (Å²) in [6.07, 6.45) is 4.70. The molecule has 2 aliphatic heterocycles. The molecule has 1 unspecified atom stereocenters. The molecule has 186 valence electrons. The molecule has 1 aromatic carbocycles. The topological polar surface area (TPSA) is 97.4 Å². The van der Waals surface area contributed by atoms with Crippen LogP contribution in [0.2, 0.25) is 0 Å². The van der Waals surface area contributed by atoms with Crippen LogP contribution in [0.3, 0.4) is 0 Å². The Balaban J connectivity index is 1.31. The molecule has 1 atom stereocenters. The summed E-state index contributed by atoms with van der Waals surface area (Å²) in [5, 5.41) is 3.13. The Kier molecular flexibility index (Phi) is 8.26. The SMILES string of the molecule is CCOC(=O)CCC(=O)N1CCN(C(C(=O)NCc2ccc3c(c2)OCO3)C2CCCC2)CC1. The summed E-state index contributed by atoms with van der Waals surface area (Å²) in [7, 11) is 0. The van der Waals surface area contributed by atoms with Crippen molar-refractivity contribution in [2.24, 2.45) is 5.92 Å². The van der Waals surface area contributed by atoms with Gasteiger partial charge in [0.1, 0.15) is 0 Å². The number of amides is 2. The van der Waals surface area contributed by atoms with Crippen LogP contribution in [0, 0.1) is 5.92 Å². The summed E-state index contributed by atoms with van der Waals surface area (Å²) < 4.78 is 15.7. The molecule has 1 saturated carbocycles. The third-order valence-electron chi connectivity index (χ3n) is 6.93. The Morgan fingerprint density at radius 2 is 1.79 bits per heavy atom. The van der Waals surface area contributed by atoms with Gasteiger partial charge in [-0.15, -0.1) is 0 Å². The molecule has 1 N–H and O–H groups in total. The van der Waals surface area contributed by atoms with E-state index in [0.717, 1.165) is 37.0 Å². The minimum atomic E-state index is -0.338. The standard InChI is InChI=1S/C25H35N3O6/c1-2-32-23(30)10-9-22(29)27-11-13-28(14-12-27)24(19-5-3-4-6-19)25(31)26-16-18-7-8-20-21(15-18)34-17-33-20/h7-8,15,19,24H,2-6,9-14,16-17H2,1H3,(H,26,31). The first-order chi connectivity index (χ1) is 16.5. The first-order valence-electron chi connectivity index (χ1n) is 12.4. The Morgan fingerprint density at radius 1 is 1.06 bits per heavy atom. The highest BCUT2D eigenvalue weighted by atomic mass is 16.7. The van der Waals surface area contributed by atoms with Crippen molar-refractivity contribution in [1.29, 1.82) is 0 Å². The number of ether oxygens (including phenoxy) is 3. The summed E-state index contributed by atoms with van der Waals surface area (Å²) in [6.45, 7) is 5.20. The lowest BCUT2D eigenvalue weighted by Gasteiger charge is -2.40. The molecule has 0 bridgehead atoms. The molecule has 4 rings (SSSR count). The smallest absolute Gasteiger partial charge is 0.306 e. The number of esters is 1. The summed E-state index contributed by atoms with van der Waals surface area (Å²) in [5.41, 5.74) is 0.972. The number of carbonyl (C=O) groups excluding carboxylic acids is 3. The van der Waals surface area contributed by atoms with Crippen LogP contribution in [0.25, 0.3) is 0 Å². The first kappa shape index (κ1) is 24.3. The highest BCUT2D eigenvalue weighted by Gasteiger charge is 2.37. The molecule has 1 saturated heterocycles. The van der Waals surface area contributed by atoms with E-state index in [4.69, 9.17) is 14.2 Å². The van der Waals surface area contributed by atoms with Gasteiger partial charge in [0, 0.05) is 39.1 Å². The molecule has 9 heteroatoms. The molecule has 1 aromatic rings. The monoisotopic (exact) mass is 473 g/mol. The van der Waals surface area contributed by atoms with E-state index >= 15 is 0 Å². The predicted molar refractivity (Wildman–Crippen MR) is 124 cm³/mol. The van der Waals surface area contributed by atoms with Gasteiger partial charge in [0.2, 0.25) is 18.6 Å². The minimum Gasteiger partial charge on any atom is -0.466 e. The number of carbonyl (C=O) groups is 3. The third-order valence-corrected chi connectivity index (χ3v) is 6.93. The van der Waals surface area contributed by atoms with Crippen LogP contribution in [0.5, 0.6) is 11.5 Å². The Hall–Kier alpha value is -2.81. The third kappa shape index (κ3) is 6.00. The zero-order valence-electron chi connectivity index (χ0n) is 19.9. The summed E-state index contributed by atoms with van der Waals surface area (Å²) >= 11 is 0. The molecule has 2 fully saturated rings. The van der Waals surface area contributed by atoms with Gasteiger partial charge in [0.15, 0.2) is 11.5 Å². The predicted octanol–water partition coefficient (Wildman–Crippen LogP) is 2.08. The number of fused-ring (bicyclic) bond motifs is 1. The summed E-state index contributed by atoms with van der Waals surface area (Å²) in [6, 6.07) is 5.54. The van der Waals surface area contributed by atoms with Gasteiger partial charge < -0.3 is 24.4 Å². The number of piperazine rings is 1. The van der Waals surface area contributed by atoms with Crippen LogP contribution in [0.15, 0.2) is 18.2 Å². The zero-order chi connectivity index (χ0) is 23.9. The number of rotatable bonds is 9. The van der Waals surface area contributed by atoms with Crippen molar-refractivity contribution in [3.63, 3.8) is 0 Å². The molecule has 3 aliphatic rings.